The van der Waals surface area contributed by atoms with Crippen molar-refractivity contribution in [1.29, 1.82) is 0 Å². The minimum absolute atomic E-state index is 0.0561. The van der Waals surface area contributed by atoms with Crippen LogP contribution in [0.3, 0.4) is 0 Å². The van der Waals surface area contributed by atoms with Gasteiger partial charge in [0.2, 0.25) is 0 Å². The minimum atomic E-state index is -0.981. The second kappa shape index (κ2) is 7.44. The number of hydrogen-bond donors (Lipinski definition) is 2. The lowest BCUT2D eigenvalue weighted by Gasteiger charge is -2.20. The summed E-state index contributed by atoms with van der Waals surface area (Å²) < 4.78 is 4.69. The third kappa shape index (κ3) is 4.47. The molecule has 0 radical (unpaired) electrons. The summed E-state index contributed by atoms with van der Waals surface area (Å²) in [6, 6.07) is 4.47. The number of nitrogens with one attached hydrogen (secondary N) is 1. The van der Waals surface area contributed by atoms with Crippen molar-refractivity contribution in [3.63, 3.8) is 0 Å². The molecule has 7 nitrogen and oxygen atoms in total. The van der Waals surface area contributed by atoms with Gasteiger partial charge < -0.3 is 20.1 Å². The average Bonchev–Trinajstić information content (AvgIpc) is 2.47. The van der Waals surface area contributed by atoms with Gasteiger partial charge in [-0.3, -0.25) is 4.79 Å². The Balaban J connectivity index is 2.88. The molecule has 0 aromatic heterocycles. The average molecular weight is 308 g/mol. The number of aryl methyl sites for hydroxylation is 1. The van der Waals surface area contributed by atoms with Crippen LogP contribution in [0.5, 0.6) is 0 Å². The standard InChI is InChI=1S/C15H20N2O5/c1-9-5-6-12(11(7-9)14(20)22-4)16-15(21)17(3)8-10(2)13(18)19/h5-7,10H,8H2,1-4H3,(H,16,21)(H,18,19). The lowest BCUT2D eigenvalue weighted by Crippen LogP contribution is -2.37. The Morgan fingerprint density at radius 1 is 1.36 bits per heavy atom. The normalized spacial score (nSPS) is 11.5. The predicted molar refractivity (Wildman–Crippen MR) is 81.0 cm³/mol. The van der Waals surface area contributed by atoms with Crippen LogP contribution in [0, 0.1) is 12.8 Å². The van der Waals surface area contributed by atoms with Crippen LogP contribution in [0.1, 0.15) is 22.8 Å². The van der Waals surface area contributed by atoms with Gasteiger partial charge in [0.1, 0.15) is 0 Å². The van der Waals surface area contributed by atoms with Crippen molar-refractivity contribution in [3.05, 3.63) is 29.3 Å². The molecule has 1 atom stereocenters. The van der Waals surface area contributed by atoms with E-state index in [2.05, 4.69) is 10.1 Å². The van der Waals surface area contributed by atoms with Crippen LogP contribution in [-0.2, 0) is 9.53 Å². The van der Waals surface area contributed by atoms with Crippen LogP contribution in [0.25, 0.3) is 0 Å². The minimum Gasteiger partial charge on any atom is -0.481 e. The molecule has 22 heavy (non-hydrogen) atoms. The first-order valence-corrected chi connectivity index (χ1v) is 6.70. The molecular formula is C15H20N2O5. The van der Waals surface area contributed by atoms with E-state index in [1.54, 1.807) is 18.2 Å². The summed E-state index contributed by atoms with van der Waals surface area (Å²) in [5.41, 5.74) is 1.42. The van der Waals surface area contributed by atoms with E-state index in [0.29, 0.717) is 5.69 Å². The number of ether oxygens (including phenoxy) is 1. The number of amides is 2. The first-order chi connectivity index (χ1) is 10.3. The molecule has 0 heterocycles. The maximum atomic E-state index is 12.1. The van der Waals surface area contributed by atoms with Crippen molar-refractivity contribution in [1.82, 2.24) is 4.90 Å². The fourth-order valence-electron chi connectivity index (χ4n) is 1.83. The van der Waals surface area contributed by atoms with Crippen LogP contribution in [0.15, 0.2) is 18.2 Å². The summed E-state index contributed by atoms with van der Waals surface area (Å²) in [5.74, 6) is -2.22. The topological polar surface area (TPSA) is 95.9 Å². The summed E-state index contributed by atoms with van der Waals surface area (Å²) in [4.78, 5) is 35.9. The van der Waals surface area contributed by atoms with Crippen molar-refractivity contribution in [2.45, 2.75) is 13.8 Å². The van der Waals surface area contributed by atoms with Crippen molar-refractivity contribution in [3.8, 4) is 0 Å². The van der Waals surface area contributed by atoms with Crippen molar-refractivity contribution >= 4 is 23.7 Å². The van der Waals surface area contributed by atoms with Gasteiger partial charge in [-0.1, -0.05) is 18.6 Å². The van der Waals surface area contributed by atoms with E-state index < -0.39 is 23.9 Å². The van der Waals surface area contributed by atoms with Gasteiger partial charge in [-0.2, -0.15) is 0 Å². The molecule has 1 aromatic carbocycles. The fraction of sp³-hybridized carbons (Fsp3) is 0.400. The molecule has 0 fully saturated rings. The molecule has 120 valence electrons. The zero-order chi connectivity index (χ0) is 16.9. The second-order valence-electron chi connectivity index (χ2n) is 5.09. The molecule has 2 amide bonds. The van der Waals surface area contributed by atoms with E-state index in [-0.39, 0.29) is 12.1 Å². The molecular weight excluding hydrogens is 288 g/mol. The number of urea groups is 1. The zero-order valence-corrected chi connectivity index (χ0v) is 13.0. The Labute approximate surface area is 128 Å². The highest BCUT2D eigenvalue weighted by molar-refractivity contribution is 6.01. The lowest BCUT2D eigenvalue weighted by molar-refractivity contribution is -0.141. The number of carboxylic acids is 1. The first kappa shape index (κ1) is 17.5. The Morgan fingerprint density at radius 3 is 2.55 bits per heavy atom. The van der Waals surface area contributed by atoms with E-state index in [0.717, 1.165) is 5.56 Å². The molecule has 7 heteroatoms. The molecule has 0 bridgehead atoms. The van der Waals surface area contributed by atoms with Crippen LogP contribution >= 0.6 is 0 Å². The highest BCUT2D eigenvalue weighted by atomic mass is 16.5. The predicted octanol–water partition coefficient (Wildman–Crippen LogP) is 1.97. The summed E-state index contributed by atoms with van der Waals surface area (Å²) >= 11 is 0. The number of carbonyl (C=O) groups is 3. The van der Waals surface area contributed by atoms with Gasteiger partial charge in [-0.25, -0.2) is 9.59 Å². The summed E-state index contributed by atoms with van der Waals surface area (Å²) in [6.07, 6.45) is 0. The van der Waals surface area contributed by atoms with Crippen LogP contribution in [0.4, 0.5) is 10.5 Å². The Morgan fingerprint density at radius 2 is 2.00 bits per heavy atom. The van der Waals surface area contributed by atoms with Crippen molar-refractivity contribution < 1.29 is 24.2 Å². The van der Waals surface area contributed by atoms with E-state index in [9.17, 15) is 14.4 Å². The molecule has 0 saturated heterocycles. The van der Waals surface area contributed by atoms with Gasteiger partial charge in [0.15, 0.2) is 0 Å². The molecule has 0 aliphatic heterocycles. The SMILES string of the molecule is COC(=O)c1cc(C)ccc1NC(=O)N(C)CC(C)C(=O)O. The smallest absolute Gasteiger partial charge is 0.339 e. The number of carbonyl (C=O) groups excluding carboxylic acids is 2. The second-order valence-corrected chi connectivity index (χ2v) is 5.09. The molecule has 0 aliphatic rings. The van der Waals surface area contributed by atoms with Crippen LogP contribution in [0.2, 0.25) is 0 Å². The van der Waals surface area contributed by atoms with E-state index in [1.807, 2.05) is 6.92 Å². The number of esters is 1. The zero-order valence-electron chi connectivity index (χ0n) is 13.0. The molecule has 0 spiro atoms. The van der Waals surface area contributed by atoms with E-state index in [4.69, 9.17) is 5.11 Å². The van der Waals surface area contributed by atoms with E-state index >= 15 is 0 Å². The number of hydrogen-bond acceptors (Lipinski definition) is 4. The maximum Gasteiger partial charge on any atom is 0.339 e. The van der Waals surface area contributed by atoms with Crippen molar-refractivity contribution in [2.75, 3.05) is 26.0 Å². The maximum absolute atomic E-state index is 12.1. The highest BCUT2D eigenvalue weighted by Gasteiger charge is 2.19. The summed E-state index contributed by atoms with van der Waals surface area (Å²) in [6.45, 7) is 3.39. The molecule has 0 aliphatic carbocycles. The number of anilines is 1. The third-order valence-electron chi connectivity index (χ3n) is 3.14. The molecule has 1 rings (SSSR count). The lowest BCUT2D eigenvalue weighted by atomic mass is 10.1. The Hall–Kier alpha value is -2.57. The Kier molecular flexibility index (Phi) is 5.91. The van der Waals surface area contributed by atoms with E-state index in [1.165, 1.54) is 26.0 Å². The number of nitrogens with zero attached hydrogens (tertiary/aromatic N) is 1. The molecule has 2 N–H and O–H groups in total. The van der Waals surface area contributed by atoms with Gasteiger partial charge in [-0.15, -0.1) is 0 Å². The van der Waals surface area contributed by atoms with Gasteiger partial charge in [0, 0.05) is 13.6 Å². The van der Waals surface area contributed by atoms with Crippen molar-refractivity contribution in [2.24, 2.45) is 5.92 Å². The molecule has 1 unspecified atom stereocenters. The number of benzene rings is 1. The number of aliphatic carboxylic acids is 1. The number of methoxy groups -OCH3 is 1. The van der Waals surface area contributed by atoms with Gasteiger partial charge in [0.25, 0.3) is 0 Å². The third-order valence-corrected chi connectivity index (χ3v) is 3.14. The molecule has 1 aromatic rings. The van der Waals surface area contributed by atoms with Gasteiger partial charge in [-0.05, 0) is 19.1 Å². The summed E-state index contributed by atoms with van der Waals surface area (Å²) in [5, 5.41) is 11.5. The van der Waals surface area contributed by atoms with Gasteiger partial charge in [0.05, 0.1) is 24.3 Å². The van der Waals surface area contributed by atoms with Gasteiger partial charge >= 0.3 is 18.0 Å². The largest absolute Gasteiger partial charge is 0.481 e. The quantitative estimate of drug-likeness (QED) is 0.811. The van der Waals surface area contributed by atoms with Crippen LogP contribution < -0.4 is 5.32 Å². The monoisotopic (exact) mass is 308 g/mol. The number of carboxylic acid groups (broad SMARTS) is 1. The Bertz CT molecular complexity index is 585. The van der Waals surface area contributed by atoms with Crippen LogP contribution in [-0.4, -0.2) is 48.7 Å². The first-order valence-electron chi connectivity index (χ1n) is 6.70. The fourth-order valence-corrected chi connectivity index (χ4v) is 1.83. The highest BCUT2D eigenvalue weighted by Crippen LogP contribution is 2.19. The molecule has 0 saturated carbocycles. The summed E-state index contributed by atoms with van der Waals surface area (Å²) in [7, 11) is 2.75. The number of rotatable bonds is 5.